The predicted molar refractivity (Wildman–Crippen MR) is 68.1 cm³/mol. The molecule has 2 aliphatic rings. The van der Waals surface area contributed by atoms with Crippen LogP contribution in [0.15, 0.2) is 0 Å². The van der Waals surface area contributed by atoms with Gasteiger partial charge in [0.1, 0.15) is 6.04 Å². The highest BCUT2D eigenvalue weighted by Gasteiger charge is 2.35. The van der Waals surface area contributed by atoms with Crippen LogP contribution in [0.25, 0.3) is 0 Å². The van der Waals surface area contributed by atoms with Crippen molar-refractivity contribution in [3.8, 4) is 0 Å². The molecular formula is C12H19N3O5. The number of piperazine rings is 1. The first-order valence-electron chi connectivity index (χ1n) is 6.72. The van der Waals surface area contributed by atoms with Gasteiger partial charge in [-0.25, -0.2) is 4.79 Å². The van der Waals surface area contributed by atoms with Crippen LogP contribution in [0, 0.1) is 0 Å². The maximum Gasteiger partial charge on any atom is 0.318 e. The lowest BCUT2D eigenvalue weighted by Crippen LogP contribution is -2.61. The van der Waals surface area contributed by atoms with Crippen LogP contribution in [-0.4, -0.2) is 66.3 Å². The predicted octanol–water partition coefficient (Wildman–Crippen LogP) is -0.850. The summed E-state index contributed by atoms with van der Waals surface area (Å²) in [6.45, 7) is 1.86. The molecule has 3 amide bonds. The Bertz CT molecular complexity index is 395. The van der Waals surface area contributed by atoms with Crippen LogP contribution in [0.5, 0.6) is 0 Å². The van der Waals surface area contributed by atoms with E-state index in [1.165, 1.54) is 4.90 Å². The normalized spacial score (nSPS) is 24.1. The average Bonchev–Trinajstić information content (AvgIpc) is 2.41. The Morgan fingerprint density at radius 1 is 1.40 bits per heavy atom. The molecule has 112 valence electrons. The van der Waals surface area contributed by atoms with Crippen molar-refractivity contribution in [2.45, 2.75) is 31.3 Å². The fourth-order valence-corrected chi connectivity index (χ4v) is 2.43. The molecule has 1 atom stereocenters. The molecule has 1 unspecified atom stereocenters. The van der Waals surface area contributed by atoms with Gasteiger partial charge in [-0.05, 0) is 12.8 Å². The molecule has 0 saturated carbocycles. The average molecular weight is 285 g/mol. The molecule has 0 aromatic carbocycles. The number of carboxylic acid groups (broad SMARTS) is 1. The summed E-state index contributed by atoms with van der Waals surface area (Å²) in [5, 5.41) is 14.3. The van der Waals surface area contributed by atoms with Crippen LogP contribution in [0.1, 0.15) is 19.3 Å². The highest BCUT2D eigenvalue weighted by atomic mass is 16.5. The molecule has 8 heteroatoms. The van der Waals surface area contributed by atoms with E-state index in [4.69, 9.17) is 9.84 Å². The van der Waals surface area contributed by atoms with Crippen molar-refractivity contribution in [2.75, 3.05) is 26.3 Å². The molecular weight excluding hydrogens is 266 g/mol. The molecule has 2 fully saturated rings. The van der Waals surface area contributed by atoms with Gasteiger partial charge in [-0.1, -0.05) is 0 Å². The van der Waals surface area contributed by atoms with Crippen LogP contribution in [0.4, 0.5) is 4.79 Å². The van der Waals surface area contributed by atoms with E-state index in [0.717, 1.165) is 12.8 Å². The largest absolute Gasteiger partial charge is 0.481 e. The van der Waals surface area contributed by atoms with E-state index in [1.54, 1.807) is 0 Å². The van der Waals surface area contributed by atoms with Crippen molar-refractivity contribution < 1.29 is 24.2 Å². The number of carboxylic acids is 1. The summed E-state index contributed by atoms with van der Waals surface area (Å²) >= 11 is 0. The highest BCUT2D eigenvalue weighted by Crippen LogP contribution is 2.12. The number of nitrogens with one attached hydrogen (secondary N) is 2. The molecule has 0 radical (unpaired) electrons. The molecule has 0 aromatic heterocycles. The number of amides is 3. The van der Waals surface area contributed by atoms with E-state index in [-0.39, 0.29) is 18.5 Å². The molecule has 2 saturated heterocycles. The molecule has 20 heavy (non-hydrogen) atoms. The quantitative estimate of drug-likeness (QED) is 0.626. The van der Waals surface area contributed by atoms with Gasteiger partial charge in [0.2, 0.25) is 5.91 Å². The number of carbonyl (C=O) groups excluding carboxylic acids is 2. The Morgan fingerprint density at radius 3 is 2.75 bits per heavy atom. The fourth-order valence-electron chi connectivity index (χ4n) is 2.43. The summed E-state index contributed by atoms with van der Waals surface area (Å²) in [6.07, 6.45) is 1.08. The molecule has 2 rings (SSSR count). The maximum atomic E-state index is 12.2. The van der Waals surface area contributed by atoms with Crippen molar-refractivity contribution >= 4 is 17.9 Å². The lowest BCUT2D eigenvalue weighted by atomic mass is 10.1. The minimum absolute atomic E-state index is 0.0201. The van der Waals surface area contributed by atoms with Crippen LogP contribution in [-0.2, 0) is 14.3 Å². The lowest BCUT2D eigenvalue weighted by molar-refractivity contribution is -0.142. The van der Waals surface area contributed by atoms with E-state index >= 15 is 0 Å². The topological polar surface area (TPSA) is 108 Å². The Hall–Kier alpha value is -1.83. The highest BCUT2D eigenvalue weighted by molar-refractivity contribution is 5.91. The van der Waals surface area contributed by atoms with E-state index < -0.39 is 17.9 Å². The second-order valence-corrected chi connectivity index (χ2v) is 4.93. The number of urea groups is 1. The van der Waals surface area contributed by atoms with E-state index in [1.807, 2.05) is 0 Å². The van der Waals surface area contributed by atoms with Crippen molar-refractivity contribution in [3.05, 3.63) is 0 Å². The second-order valence-electron chi connectivity index (χ2n) is 4.93. The third-order valence-corrected chi connectivity index (χ3v) is 3.51. The smallest absolute Gasteiger partial charge is 0.318 e. The van der Waals surface area contributed by atoms with Crippen molar-refractivity contribution in [1.29, 1.82) is 0 Å². The summed E-state index contributed by atoms with van der Waals surface area (Å²) in [4.78, 5) is 36.0. The summed E-state index contributed by atoms with van der Waals surface area (Å²) < 4.78 is 5.21. The Kier molecular flexibility index (Phi) is 4.78. The van der Waals surface area contributed by atoms with Crippen LogP contribution >= 0.6 is 0 Å². The van der Waals surface area contributed by atoms with Gasteiger partial charge in [0.05, 0.1) is 6.42 Å². The van der Waals surface area contributed by atoms with Gasteiger partial charge in [-0.2, -0.15) is 0 Å². The standard InChI is InChI=1S/C12H19N3O5/c16-10(17)7-9-11(18)13-3-4-15(9)12(19)14-8-1-5-20-6-2-8/h8-9H,1-7H2,(H,13,18)(H,14,19)(H,16,17). The number of ether oxygens (including phenoxy) is 1. The Labute approximate surface area is 116 Å². The first kappa shape index (κ1) is 14.6. The zero-order valence-electron chi connectivity index (χ0n) is 11.1. The van der Waals surface area contributed by atoms with E-state index in [9.17, 15) is 14.4 Å². The maximum absolute atomic E-state index is 12.2. The molecule has 0 aliphatic carbocycles. The van der Waals surface area contributed by atoms with Gasteiger partial charge in [0, 0.05) is 32.3 Å². The SMILES string of the molecule is O=C(O)CC1C(=O)NCCN1C(=O)NC1CCOCC1. The Balaban J connectivity index is 1.97. The number of hydrogen-bond donors (Lipinski definition) is 3. The van der Waals surface area contributed by atoms with Gasteiger partial charge in [-0.15, -0.1) is 0 Å². The molecule has 2 heterocycles. The zero-order chi connectivity index (χ0) is 14.5. The van der Waals surface area contributed by atoms with Crippen LogP contribution < -0.4 is 10.6 Å². The third kappa shape index (κ3) is 3.60. The third-order valence-electron chi connectivity index (χ3n) is 3.51. The number of aliphatic carboxylic acids is 1. The van der Waals surface area contributed by atoms with Crippen LogP contribution in [0.3, 0.4) is 0 Å². The molecule has 8 nitrogen and oxygen atoms in total. The summed E-state index contributed by atoms with van der Waals surface area (Å²) in [5.41, 5.74) is 0. The number of rotatable bonds is 3. The summed E-state index contributed by atoms with van der Waals surface area (Å²) in [6, 6.07) is -1.30. The molecule has 0 aromatic rings. The van der Waals surface area contributed by atoms with Crippen molar-refractivity contribution in [2.24, 2.45) is 0 Å². The minimum atomic E-state index is -1.10. The van der Waals surface area contributed by atoms with Gasteiger partial charge in [0.25, 0.3) is 0 Å². The minimum Gasteiger partial charge on any atom is -0.481 e. The van der Waals surface area contributed by atoms with Gasteiger partial charge >= 0.3 is 12.0 Å². The fraction of sp³-hybridized carbons (Fsp3) is 0.750. The van der Waals surface area contributed by atoms with E-state index in [2.05, 4.69) is 10.6 Å². The van der Waals surface area contributed by atoms with Gasteiger partial charge in [-0.3, -0.25) is 9.59 Å². The molecule has 0 spiro atoms. The first-order chi connectivity index (χ1) is 9.58. The molecule has 2 aliphatic heterocycles. The first-order valence-corrected chi connectivity index (χ1v) is 6.72. The van der Waals surface area contributed by atoms with Crippen molar-refractivity contribution in [1.82, 2.24) is 15.5 Å². The van der Waals surface area contributed by atoms with Gasteiger partial charge in [0.15, 0.2) is 0 Å². The van der Waals surface area contributed by atoms with Crippen molar-refractivity contribution in [3.63, 3.8) is 0 Å². The summed E-state index contributed by atoms with van der Waals surface area (Å²) in [7, 11) is 0. The monoisotopic (exact) mass is 285 g/mol. The molecule has 0 bridgehead atoms. The molecule has 3 N–H and O–H groups in total. The van der Waals surface area contributed by atoms with E-state index in [0.29, 0.717) is 26.3 Å². The second kappa shape index (κ2) is 6.56. The Morgan fingerprint density at radius 2 is 2.10 bits per heavy atom. The number of hydrogen-bond acceptors (Lipinski definition) is 4. The van der Waals surface area contributed by atoms with Crippen LogP contribution in [0.2, 0.25) is 0 Å². The summed E-state index contributed by atoms with van der Waals surface area (Å²) in [5.74, 6) is -1.52. The lowest BCUT2D eigenvalue weighted by Gasteiger charge is -2.35. The number of nitrogens with zero attached hydrogens (tertiary/aromatic N) is 1. The zero-order valence-corrected chi connectivity index (χ0v) is 11.1. The van der Waals surface area contributed by atoms with Gasteiger partial charge < -0.3 is 25.4 Å². The number of carbonyl (C=O) groups is 3.